The van der Waals surface area contributed by atoms with Gasteiger partial charge in [-0.15, -0.1) is 22.6 Å². The van der Waals surface area contributed by atoms with Crippen LogP contribution in [0.4, 0.5) is 0 Å². The minimum Gasteiger partial charge on any atom is -0.493 e. The van der Waals surface area contributed by atoms with Gasteiger partial charge in [0.05, 0.1) is 25.9 Å². The normalized spacial score (nSPS) is 10.8. The molecule has 0 saturated heterocycles. The predicted octanol–water partition coefficient (Wildman–Crippen LogP) is 3.66. The first kappa shape index (κ1) is 24.7. The zero-order valence-corrected chi connectivity index (χ0v) is 20.1. The van der Waals surface area contributed by atoms with Crippen LogP contribution in [0.1, 0.15) is 37.0 Å². The van der Waals surface area contributed by atoms with Crippen molar-refractivity contribution in [2.75, 3.05) is 14.2 Å². The monoisotopic (exact) mass is 513 g/mol. The van der Waals surface area contributed by atoms with Crippen molar-refractivity contribution in [3.8, 4) is 17.4 Å². The van der Waals surface area contributed by atoms with Crippen LogP contribution in [0.2, 0.25) is 0 Å². The van der Waals surface area contributed by atoms with Crippen molar-refractivity contribution in [1.82, 2.24) is 19.4 Å². The number of hydrogen-bond donors (Lipinski definition) is 1. The van der Waals surface area contributed by atoms with E-state index in [-0.39, 0.29) is 36.5 Å². The largest absolute Gasteiger partial charge is 0.493 e. The van der Waals surface area contributed by atoms with Gasteiger partial charge in [-0.1, -0.05) is 29.8 Å². The number of rotatable bonds is 9. The van der Waals surface area contributed by atoms with Gasteiger partial charge < -0.3 is 14.2 Å². The molecule has 0 bridgehead atoms. The molecule has 0 aliphatic carbocycles. The second-order valence-corrected chi connectivity index (χ2v) is 7.51. The molecule has 2 heterocycles. The lowest BCUT2D eigenvalue weighted by Crippen LogP contribution is -2.26. The lowest BCUT2D eigenvalue weighted by molar-refractivity contribution is 0.0962. The number of Topliss-reactive ketones (excluding diaryl/α,β-unsaturated/α-hetero) is 1. The molecule has 0 fully saturated rings. The summed E-state index contributed by atoms with van der Waals surface area (Å²) in [5.74, 6) is 0.910. The lowest BCUT2D eigenvalue weighted by atomic mass is 10.1. The molecule has 0 saturated carbocycles. The van der Waals surface area contributed by atoms with E-state index in [1.54, 1.807) is 24.3 Å². The van der Waals surface area contributed by atoms with E-state index >= 15 is 0 Å². The number of halogens is 2. The SMILES string of the molecule is CCC(CC)Oc1ccc2nn(CC(=O)c3cc(Br)cc(OC)c3OC)c(=N)n2n1.Cl. The zero-order valence-electron chi connectivity index (χ0n) is 17.7. The first-order chi connectivity index (χ1) is 14.4. The lowest BCUT2D eigenvalue weighted by Gasteiger charge is -2.14. The summed E-state index contributed by atoms with van der Waals surface area (Å²) in [6, 6.07) is 6.80. The van der Waals surface area contributed by atoms with E-state index in [0.29, 0.717) is 33.1 Å². The van der Waals surface area contributed by atoms with Crippen LogP contribution in [0.5, 0.6) is 17.4 Å². The van der Waals surface area contributed by atoms with Crippen molar-refractivity contribution in [3.63, 3.8) is 0 Å². The summed E-state index contributed by atoms with van der Waals surface area (Å²) in [7, 11) is 2.98. The van der Waals surface area contributed by atoms with Crippen molar-refractivity contribution in [3.05, 3.63) is 39.9 Å². The van der Waals surface area contributed by atoms with E-state index in [0.717, 1.165) is 12.8 Å². The van der Waals surface area contributed by atoms with Gasteiger partial charge in [0.15, 0.2) is 22.9 Å². The molecule has 168 valence electrons. The van der Waals surface area contributed by atoms with Crippen molar-refractivity contribution < 1.29 is 19.0 Å². The maximum atomic E-state index is 13.0. The summed E-state index contributed by atoms with van der Waals surface area (Å²) in [5.41, 5.74) is 0.746. The number of aromatic nitrogens is 4. The Bertz CT molecular complexity index is 1130. The maximum absolute atomic E-state index is 13.0. The maximum Gasteiger partial charge on any atom is 0.242 e. The molecule has 0 amide bonds. The van der Waals surface area contributed by atoms with Crippen LogP contribution in [-0.4, -0.2) is 45.5 Å². The molecular formula is C20H25BrClN5O4. The second-order valence-electron chi connectivity index (χ2n) is 6.59. The van der Waals surface area contributed by atoms with Crippen molar-refractivity contribution >= 4 is 39.8 Å². The number of nitrogens with one attached hydrogen (secondary N) is 1. The molecule has 0 atom stereocenters. The quantitative estimate of drug-likeness (QED) is 0.437. The third kappa shape index (κ3) is 5.19. The Balaban J connectivity index is 0.00000341. The van der Waals surface area contributed by atoms with Crippen LogP contribution < -0.4 is 19.8 Å². The summed E-state index contributed by atoms with van der Waals surface area (Å²) in [6.45, 7) is 3.94. The molecule has 0 unspecified atom stereocenters. The first-order valence-corrected chi connectivity index (χ1v) is 10.3. The number of hydrogen-bond acceptors (Lipinski definition) is 7. The summed E-state index contributed by atoms with van der Waals surface area (Å²) < 4.78 is 19.8. The van der Waals surface area contributed by atoms with E-state index in [4.69, 9.17) is 19.6 Å². The fourth-order valence-electron chi connectivity index (χ4n) is 3.07. The molecule has 9 nitrogen and oxygen atoms in total. The Morgan fingerprint density at radius 2 is 1.87 bits per heavy atom. The number of ether oxygens (including phenoxy) is 3. The summed E-state index contributed by atoms with van der Waals surface area (Å²) in [4.78, 5) is 13.0. The molecule has 1 N–H and O–H groups in total. The average Bonchev–Trinajstić information content (AvgIpc) is 3.06. The Morgan fingerprint density at radius 1 is 1.16 bits per heavy atom. The highest BCUT2D eigenvalue weighted by atomic mass is 79.9. The van der Waals surface area contributed by atoms with Crippen LogP contribution in [0, 0.1) is 5.41 Å². The fourth-order valence-corrected chi connectivity index (χ4v) is 3.51. The van der Waals surface area contributed by atoms with E-state index < -0.39 is 0 Å². The van der Waals surface area contributed by atoms with Crippen LogP contribution in [0.15, 0.2) is 28.7 Å². The van der Waals surface area contributed by atoms with E-state index in [2.05, 4.69) is 26.1 Å². The second kappa shape index (κ2) is 10.6. The van der Waals surface area contributed by atoms with Gasteiger partial charge in [-0.2, -0.15) is 4.52 Å². The molecule has 0 spiro atoms. The molecule has 1 aromatic carbocycles. The molecule has 3 aromatic rings. The first-order valence-electron chi connectivity index (χ1n) is 9.54. The number of carbonyl (C=O) groups excluding carboxylic acids is 1. The molecule has 0 aliphatic heterocycles. The van der Waals surface area contributed by atoms with Gasteiger partial charge in [0.2, 0.25) is 11.5 Å². The number of nitrogens with zero attached hydrogens (tertiary/aromatic N) is 4. The molecule has 31 heavy (non-hydrogen) atoms. The molecule has 2 aromatic heterocycles. The summed E-state index contributed by atoms with van der Waals surface area (Å²) in [6.07, 6.45) is 1.78. The highest BCUT2D eigenvalue weighted by Crippen LogP contribution is 2.35. The van der Waals surface area contributed by atoms with Crippen LogP contribution in [-0.2, 0) is 6.54 Å². The number of ketones is 1. The van der Waals surface area contributed by atoms with Gasteiger partial charge in [0.25, 0.3) is 0 Å². The van der Waals surface area contributed by atoms with E-state index in [1.807, 2.05) is 13.8 Å². The fraction of sp³-hybridized carbons (Fsp3) is 0.400. The minimum absolute atomic E-state index is 0. The molecule has 11 heteroatoms. The Morgan fingerprint density at radius 3 is 2.48 bits per heavy atom. The van der Waals surface area contributed by atoms with Gasteiger partial charge in [-0.05, 0) is 31.0 Å². The van der Waals surface area contributed by atoms with E-state index in [9.17, 15) is 4.79 Å². The van der Waals surface area contributed by atoms with Crippen molar-refractivity contribution in [1.29, 1.82) is 5.41 Å². The smallest absolute Gasteiger partial charge is 0.242 e. The minimum atomic E-state index is -0.276. The molecule has 0 aliphatic rings. The highest BCUT2D eigenvalue weighted by molar-refractivity contribution is 9.10. The van der Waals surface area contributed by atoms with Crippen molar-refractivity contribution in [2.24, 2.45) is 0 Å². The van der Waals surface area contributed by atoms with Crippen LogP contribution >= 0.6 is 28.3 Å². The Hall–Kier alpha value is -2.59. The van der Waals surface area contributed by atoms with Gasteiger partial charge in [0.1, 0.15) is 6.54 Å². The number of methoxy groups -OCH3 is 2. The third-order valence-corrected chi connectivity index (χ3v) is 5.15. The van der Waals surface area contributed by atoms with Crippen LogP contribution in [0.3, 0.4) is 0 Å². The number of benzene rings is 1. The van der Waals surface area contributed by atoms with Crippen LogP contribution in [0.25, 0.3) is 5.65 Å². The highest BCUT2D eigenvalue weighted by Gasteiger charge is 2.20. The summed E-state index contributed by atoms with van der Waals surface area (Å²) in [5, 5.41) is 17.1. The van der Waals surface area contributed by atoms with Gasteiger partial charge >= 0.3 is 0 Å². The van der Waals surface area contributed by atoms with Gasteiger partial charge in [0, 0.05) is 10.5 Å². The Labute approximate surface area is 194 Å². The molecule has 3 rings (SSSR count). The summed E-state index contributed by atoms with van der Waals surface area (Å²) >= 11 is 3.38. The topological polar surface area (TPSA) is 104 Å². The van der Waals surface area contributed by atoms with Gasteiger partial charge in [-0.25, -0.2) is 4.68 Å². The van der Waals surface area contributed by atoms with Crippen molar-refractivity contribution in [2.45, 2.75) is 39.3 Å². The zero-order chi connectivity index (χ0) is 21.8. The molecular weight excluding hydrogens is 490 g/mol. The van der Waals surface area contributed by atoms with E-state index in [1.165, 1.54) is 23.4 Å². The predicted molar refractivity (Wildman–Crippen MR) is 121 cm³/mol. The van der Waals surface area contributed by atoms with Gasteiger partial charge in [-0.3, -0.25) is 10.2 Å². The third-order valence-electron chi connectivity index (χ3n) is 4.69. The number of carbonyl (C=O) groups is 1. The standard InChI is InChI=1S/C20H24BrN5O4.ClH/c1-5-13(6-2)30-18-8-7-17-23-25(20(22)26(17)24-18)11-15(27)14-9-12(21)10-16(28-3)19(14)29-4;/h7-10,13,22H,5-6,11H2,1-4H3;1H. The Kier molecular flexibility index (Phi) is 8.46. The molecule has 0 radical (unpaired) electrons. The average molecular weight is 515 g/mol. The number of fused-ring (bicyclic) bond motifs is 1.